The van der Waals surface area contributed by atoms with E-state index in [4.69, 9.17) is 5.11 Å². The minimum absolute atomic E-state index is 0.0250. The van der Waals surface area contributed by atoms with Crippen molar-refractivity contribution in [3.8, 4) is 0 Å². The summed E-state index contributed by atoms with van der Waals surface area (Å²) in [5.74, 6) is -0.247. The summed E-state index contributed by atoms with van der Waals surface area (Å²) in [7, 11) is 1.39. The van der Waals surface area contributed by atoms with Gasteiger partial charge >= 0.3 is 5.97 Å². The van der Waals surface area contributed by atoms with E-state index >= 15 is 0 Å². The monoisotopic (exact) mass is 230 g/mol. The van der Waals surface area contributed by atoms with Crippen molar-refractivity contribution in [1.29, 1.82) is 0 Å². The maximum atomic E-state index is 11.3. The highest BCUT2D eigenvalue weighted by Crippen LogP contribution is 2.21. The zero-order valence-electron chi connectivity index (χ0n) is 9.64. The van der Waals surface area contributed by atoms with E-state index in [1.165, 1.54) is 7.11 Å². The fourth-order valence-electron chi connectivity index (χ4n) is 1.88. The predicted octanol–water partition coefficient (Wildman–Crippen LogP) is 2.05. The number of methoxy groups -OCH3 is 1. The van der Waals surface area contributed by atoms with Gasteiger partial charge < -0.3 is 9.84 Å². The first-order valence-corrected chi connectivity index (χ1v) is 5.43. The number of hydrogen-bond acceptors (Lipinski definition) is 3. The number of benzene rings is 2. The number of fused-ring (bicyclic) bond motifs is 1. The molecule has 0 aliphatic heterocycles. The Kier molecular flexibility index (Phi) is 3.40. The van der Waals surface area contributed by atoms with Gasteiger partial charge in [-0.05, 0) is 28.0 Å². The second-order valence-corrected chi connectivity index (χ2v) is 3.88. The van der Waals surface area contributed by atoms with Crippen molar-refractivity contribution in [2.24, 2.45) is 0 Å². The van der Waals surface area contributed by atoms with Gasteiger partial charge in [-0.3, -0.25) is 4.79 Å². The normalized spacial score (nSPS) is 10.5. The number of aliphatic hydroxyl groups excluding tert-OH is 1. The molecule has 0 atom stereocenters. The van der Waals surface area contributed by atoms with Crippen LogP contribution in [-0.4, -0.2) is 18.2 Å². The minimum atomic E-state index is -0.247. The van der Waals surface area contributed by atoms with Crippen LogP contribution >= 0.6 is 0 Å². The Morgan fingerprint density at radius 3 is 2.82 bits per heavy atom. The van der Waals surface area contributed by atoms with Gasteiger partial charge in [0.15, 0.2) is 0 Å². The summed E-state index contributed by atoms with van der Waals surface area (Å²) in [6, 6.07) is 11.5. The van der Waals surface area contributed by atoms with Gasteiger partial charge in [0.2, 0.25) is 0 Å². The number of rotatable bonds is 3. The molecule has 0 saturated heterocycles. The van der Waals surface area contributed by atoms with Crippen LogP contribution in [-0.2, 0) is 22.6 Å². The van der Waals surface area contributed by atoms with Gasteiger partial charge in [-0.25, -0.2) is 0 Å². The lowest BCUT2D eigenvalue weighted by Gasteiger charge is -2.06. The fourth-order valence-corrected chi connectivity index (χ4v) is 1.88. The lowest BCUT2D eigenvalue weighted by Crippen LogP contribution is -2.04. The summed E-state index contributed by atoms with van der Waals surface area (Å²) >= 11 is 0. The summed E-state index contributed by atoms with van der Waals surface area (Å²) < 4.78 is 4.67. The molecule has 1 N–H and O–H groups in total. The second-order valence-electron chi connectivity index (χ2n) is 3.88. The number of ether oxygens (including phenoxy) is 1. The molecule has 0 saturated carbocycles. The summed E-state index contributed by atoms with van der Waals surface area (Å²) in [5.41, 5.74) is 1.81. The summed E-state index contributed by atoms with van der Waals surface area (Å²) in [6.07, 6.45) is 0.270. The van der Waals surface area contributed by atoms with Crippen LogP contribution in [0.15, 0.2) is 36.4 Å². The Labute approximate surface area is 99.6 Å². The predicted molar refractivity (Wildman–Crippen MR) is 65.6 cm³/mol. The quantitative estimate of drug-likeness (QED) is 0.821. The zero-order chi connectivity index (χ0) is 12.3. The van der Waals surface area contributed by atoms with Gasteiger partial charge in [-0.1, -0.05) is 30.3 Å². The maximum absolute atomic E-state index is 11.3. The highest BCUT2D eigenvalue weighted by atomic mass is 16.5. The molecule has 3 nitrogen and oxygen atoms in total. The Morgan fingerprint density at radius 1 is 1.29 bits per heavy atom. The SMILES string of the molecule is COC(=O)Cc1cccc2cc(CO)ccc12. The van der Waals surface area contributed by atoms with Gasteiger partial charge in [0.1, 0.15) is 0 Å². The minimum Gasteiger partial charge on any atom is -0.469 e. The van der Waals surface area contributed by atoms with Crippen molar-refractivity contribution in [3.63, 3.8) is 0 Å². The van der Waals surface area contributed by atoms with Crippen molar-refractivity contribution < 1.29 is 14.6 Å². The average Bonchev–Trinajstić information content (AvgIpc) is 2.38. The van der Waals surface area contributed by atoms with Crippen LogP contribution in [0.4, 0.5) is 0 Å². The molecule has 3 heteroatoms. The largest absolute Gasteiger partial charge is 0.469 e. The van der Waals surface area contributed by atoms with E-state index in [-0.39, 0.29) is 19.0 Å². The van der Waals surface area contributed by atoms with E-state index in [0.717, 1.165) is 21.9 Å². The maximum Gasteiger partial charge on any atom is 0.309 e. The Hall–Kier alpha value is -1.87. The van der Waals surface area contributed by atoms with E-state index in [0.29, 0.717) is 0 Å². The smallest absolute Gasteiger partial charge is 0.309 e. The second kappa shape index (κ2) is 4.97. The van der Waals surface area contributed by atoms with E-state index in [1.807, 2.05) is 36.4 Å². The molecule has 0 radical (unpaired) electrons. The number of esters is 1. The molecular weight excluding hydrogens is 216 g/mol. The van der Waals surface area contributed by atoms with E-state index in [2.05, 4.69) is 4.74 Å². The van der Waals surface area contributed by atoms with Crippen molar-refractivity contribution >= 4 is 16.7 Å². The molecule has 2 aromatic carbocycles. The van der Waals surface area contributed by atoms with E-state index in [1.54, 1.807) is 0 Å². The number of carbonyl (C=O) groups is 1. The number of carbonyl (C=O) groups excluding carboxylic acids is 1. The van der Waals surface area contributed by atoms with E-state index < -0.39 is 0 Å². The fraction of sp³-hybridized carbons (Fsp3) is 0.214. The van der Waals surface area contributed by atoms with Crippen molar-refractivity contribution in [2.75, 3.05) is 7.11 Å². The van der Waals surface area contributed by atoms with Crippen LogP contribution in [0.25, 0.3) is 10.8 Å². The molecule has 0 spiro atoms. The first-order valence-electron chi connectivity index (χ1n) is 5.43. The Balaban J connectivity index is 2.46. The molecule has 2 aromatic rings. The van der Waals surface area contributed by atoms with Crippen LogP contribution in [0.3, 0.4) is 0 Å². The summed E-state index contributed by atoms with van der Waals surface area (Å²) in [5, 5.41) is 11.1. The third kappa shape index (κ3) is 2.45. The molecule has 0 fully saturated rings. The molecule has 88 valence electrons. The topological polar surface area (TPSA) is 46.5 Å². The molecule has 0 aromatic heterocycles. The van der Waals surface area contributed by atoms with Crippen molar-refractivity contribution in [2.45, 2.75) is 13.0 Å². The van der Waals surface area contributed by atoms with Crippen LogP contribution in [0, 0.1) is 0 Å². The van der Waals surface area contributed by atoms with Crippen LogP contribution in [0.1, 0.15) is 11.1 Å². The van der Waals surface area contributed by atoms with Crippen LogP contribution in [0.5, 0.6) is 0 Å². The highest BCUT2D eigenvalue weighted by molar-refractivity contribution is 5.89. The lowest BCUT2D eigenvalue weighted by molar-refractivity contribution is -0.139. The van der Waals surface area contributed by atoms with Crippen molar-refractivity contribution in [1.82, 2.24) is 0 Å². The van der Waals surface area contributed by atoms with Gasteiger partial charge in [0, 0.05) is 0 Å². The molecule has 0 amide bonds. The van der Waals surface area contributed by atoms with Crippen LogP contribution in [0.2, 0.25) is 0 Å². The van der Waals surface area contributed by atoms with Gasteiger partial charge in [0.05, 0.1) is 20.1 Å². The first kappa shape index (κ1) is 11.6. The molecular formula is C14H14O3. The lowest BCUT2D eigenvalue weighted by atomic mass is 10.0. The molecule has 0 aliphatic rings. The Morgan fingerprint density at radius 2 is 2.12 bits per heavy atom. The molecule has 0 unspecified atom stereocenters. The molecule has 0 heterocycles. The molecule has 0 aliphatic carbocycles. The summed E-state index contributed by atoms with van der Waals surface area (Å²) in [6.45, 7) is 0.0250. The third-order valence-corrected chi connectivity index (χ3v) is 2.78. The summed E-state index contributed by atoms with van der Waals surface area (Å²) in [4.78, 5) is 11.3. The number of hydrogen-bond donors (Lipinski definition) is 1. The molecule has 2 rings (SSSR count). The Bertz CT molecular complexity index is 546. The third-order valence-electron chi connectivity index (χ3n) is 2.78. The first-order chi connectivity index (χ1) is 8.24. The van der Waals surface area contributed by atoms with Crippen LogP contribution < -0.4 is 0 Å². The highest BCUT2D eigenvalue weighted by Gasteiger charge is 2.06. The molecule has 17 heavy (non-hydrogen) atoms. The standard InChI is InChI=1S/C14H14O3/c1-17-14(16)8-12-4-2-3-11-7-10(9-15)5-6-13(11)12/h2-7,15H,8-9H2,1H3. The van der Waals surface area contributed by atoms with Gasteiger partial charge in [-0.15, -0.1) is 0 Å². The average molecular weight is 230 g/mol. The molecule has 0 bridgehead atoms. The van der Waals surface area contributed by atoms with Gasteiger partial charge in [-0.2, -0.15) is 0 Å². The zero-order valence-corrected chi connectivity index (χ0v) is 9.64. The van der Waals surface area contributed by atoms with E-state index in [9.17, 15) is 4.79 Å². The number of aliphatic hydroxyl groups is 1. The van der Waals surface area contributed by atoms with Crippen molar-refractivity contribution in [3.05, 3.63) is 47.5 Å². The van der Waals surface area contributed by atoms with Gasteiger partial charge in [0.25, 0.3) is 0 Å².